The zero-order valence-electron chi connectivity index (χ0n) is 7.80. The first-order valence-electron chi connectivity index (χ1n) is 4.26. The number of pyridine rings is 1. The Balaban J connectivity index is 2.10. The van der Waals surface area contributed by atoms with Crippen LogP contribution in [0.5, 0.6) is 5.88 Å². The Morgan fingerprint density at radius 1 is 1.36 bits per heavy atom. The molecule has 4 heteroatoms. The topological polar surface area (TPSA) is 35.0 Å². The van der Waals surface area contributed by atoms with Crippen molar-refractivity contribution < 1.29 is 4.74 Å². The highest BCUT2D eigenvalue weighted by Gasteiger charge is 1.99. The van der Waals surface area contributed by atoms with E-state index in [1.165, 1.54) is 0 Å². The molecule has 3 nitrogen and oxygen atoms in total. The van der Waals surface area contributed by atoms with Gasteiger partial charge in [0.1, 0.15) is 0 Å². The van der Waals surface area contributed by atoms with E-state index in [-0.39, 0.29) is 0 Å². The number of aromatic nitrogens is 2. The van der Waals surface area contributed by atoms with E-state index in [1.54, 1.807) is 18.4 Å². The molecule has 2 heterocycles. The van der Waals surface area contributed by atoms with Crippen molar-refractivity contribution >= 4 is 11.3 Å². The Morgan fingerprint density at radius 3 is 2.86 bits per heavy atom. The van der Waals surface area contributed by atoms with Crippen LogP contribution in [0.15, 0.2) is 29.9 Å². The van der Waals surface area contributed by atoms with Gasteiger partial charge in [-0.2, -0.15) is 0 Å². The maximum atomic E-state index is 4.98. The van der Waals surface area contributed by atoms with Crippen molar-refractivity contribution in [1.29, 1.82) is 0 Å². The van der Waals surface area contributed by atoms with Crippen LogP contribution in [0.3, 0.4) is 0 Å². The summed E-state index contributed by atoms with van der Waals surface area (Å²) in [6.45, 7) is 0. The van der Waals surface area contributed by atoms with Gasteiger partial charge in [0.15, 0.2) is 0 Å². The monoisotopic (exact) mass is 206 g/mol. The molecule has 0 fully saturated rings. The molecule has 72 valence electrons. The fraction of sp³-hybridized carbons (Fsp3) is 0.200. The minimum absolute atomic E-state index is 0.646. The molecule has 2 aromatic rings. The van der Waals surface area contributed by atoms with Crippen LogP contribution >= 0.6 is 11.3 Å². The fourth-order valence-electron chi connectivity index (χ4n) is 1.15. The lowest BCUT2D eigenvalue weighted by atomic mass is 10.2. The van der Waals surface area contributed by atoms with Gasteiger partial charge in [-0.05, 0) is 5.56 Å². The Hall–Kier alpha value is -1.42. The van der Waals surface area contributed by atoms with Gasteiger partial charge in [-0.25, -0.2) is 9.97 Å². The number of methoxy groups -OCH3 is 1. The van der Waals surface area contributed by atoms with Gasteiger partial charge >= 0.3 is 0 Å². The van der Waals surface area contributed by atoms with Crippen LogP contribution in [0.1, 0.15) is 10.6 Å². The van der Waals surface area contributed by atoms with Crippen molar-refractivity contribution in [2.75, 3.05) is 7.11 Å². The molecule has 0 aliphatic heterocycles. The first-order valence-corrected chi connectivity index (χ1v) is 5.14. The van der Waals surface area contributed by atoms with Crippen LogP contribution < -0.4 is 4.74 Å². The lowest BCUT2D eigenvalue weighted by Gasteiger charge is -1.99. The summed E-state index contributed by atoms with van der Waals surface area (Å²) in [4.78, 5) is 8.35. The summed E-state index contributed by atoms with van der Waals surface area (Å²) in [6.07, 6.45) is 4.48. The molecule has 0 bridgehead atoms. The minimum Gasteiger partial charge on any atom is -0.481 e. The summed E-state index contributed by atoms with van der Waals surface area (Å²) in [5, 5.41) is 3.09. The van der Waals surface area contributed by atoms with Crippen LogP contribution in [-0.2, 0) is 6.42 Å². The minimum atomic E-state index is 0.646. The molecule has 0 aromatic carbocycles. The summed E-state index contributed by atoms with van der Waals surface area (Å²) < 4.78 is 4.98. The lowest BCUT2D eigenvalue weighted by molar-refractivity contribution is 0.397. The van der Waals surface area contributed by atoms with Crippen LogP contribution in [0, 0.1) is 0 Å². The predicted molar refractivity (Wildman–Crippen MR) is 55.7 cm³/mol. The van der Waals surface area contributed by atoms with Gasteiger partial charge in [0, 0.05) is 30.3 Å². The van der Waals surface area contributed by atoms with E-state index in [1.807, 2.05) is 29.9 Å². The molecule has 0 N–H and O–H groups in total. The second-order valence-electron chi connectivity index (χ2n) is 2.81. The Kier molecular flexibility index (Phi) is 2.74. The van der Waals surface area contributed by atoms with E-state index >= 15 is 0 Å². The standard InChI is InChI=1S/C10H10N2OS/c1-13-9-3-2-8(7-12-9)6-10-11-4-5-14-10/h2-5,7H,6H2,1H3. The Morgan fingerprint density at radius 2 is 2.29 bits per heavy atom. The fourth-order valence-corrected chi connectivity index (χ4v) is 1.80. The maximum absolute atomic E-state index is 4.98. The van der Waals surface area contributed by atoms with Gasteiger partial charge in [-0.3, -0.25) is 0 Å². The third kappa shape index (κ3) is 2.09. The predicted octanol–water partition coefficient (Wildman–Crippen LogP) is 2.14. The third-order valence-electron chi connectivity index (χ3n) is 1.85. The highest BCUT2D eigenvalue weighted by atomic mass is 32.1. The third-order valence-corrected chi connectivity index (χ3v) is 2.63. The summed E-state index contributed by atoms with van der Waals surface area (Å²) >= 11 is 1.66. The van der Waals surface area contributed by atoms with E-state index in [4.69, 9.17) is 4.74 Å². The lowest BCUT2D eigenvalue weighted by Crippen LogP contribution is -1.91. The average molecular weight is 206 g/mol. The number of nitrogens with zero attached hydrogens (tertiary/aromatic N) is 2. The molecule has 0 saturated heterocycles. The largest absolute Gasteiger partial charge is 0.481 e. The van der Waals surface area contributed by atoms with Gasteiger partial charge in [0.25, 0.3) is 0 Å². The molecule has 0 aliphatic carbocycles. The second-order valence-corrected chi connectivity index (χ2v) is 3.79. The van der Waals surface area contributed by atoms with Crippen LogP contribution in [-0.4, -0.2) is 17.1 Å². The molecule has 0 radical (unpaired) electrons. The van der Waals surface area contributed by atoms with Gasteiger partial charge < -0.3 is 4.74 Å². The number of thiazole rings is 1. The van der Waals surface area contributed by atoms with Crippen LogP contribution in [0.25, 0.3) is 0 Å². The van der Waals surface area contributed by atoms with Crippen molar-refractivity contribution in [3.63, 3.8) is 0 Å². The maximum Gasteiger partial charge on any atom is 0.212 e. The zero-order chi connectivity index (χ0) is 9.80. The molecule has 0 spiro atoms. The number of hydrogen-bond donors (Lipinski definition) is 0. The SMILES string of the molecule is COc1ccc(Cc2nccs2)cn1. The molecule has 0 atom stereocenters. The van der Waals surface area contributed by atoms with E-state index in [9.17, 15) is 0 Å². The van der Waals surface area contributed by atoms with Gasteiger partial charge in [0.05, 0.1) is 12.1 Å². The first kappa shape index (κ1) is 9.15. The molecule has 2 aromatic heterocycles. The summed E-state index contributed by atoms with van der Waals surface area (Å²) in [5.74, 6) is 0.646. The van der Waals surface area contributed by atoms with Crippen molar-refractivity contribution in [3.05, 3.63) is 40.5 Å². The number of hydrogen-bond acceptors (Lipinski definition) is 4. The molecule has 0 aliphatic rings. The van der Waals surface area contributed by atoms with Crippen molar-refractivity contribution in [2.24, 2.45) is 0 Å². The van der Waals surface area contributed by atoms with Crippen molar-refractivity contribution in [1.82, 2.24) is 9.97 Å². The van der Waals surface area contributed by atoms with Gasteiger partial charge in [-0.15, -0.1) is 11.3 Å². The average Bonchev–Trinajstić information content (AvgIpc) is 2.72. The van der Waals surface area contributed by atoms with E-state index in [2.05, 4.69) is 9.97 Å². The van der Waals surface area contributed by atoms with E-state index in [0.717, 1.165) is 17.0 Å². The molecular weight excluding hydrogens is 196 g/mol. The molecule has 14 heavy (non-hydrogen) atoms. The molecule has 0 saturated carbocycles. The highest BCUT2D eigenvalue weighted by molar-refractivity contribution is 7.09. The van der Waals surface area contributed by atoms with E-state index in [0.29, 0.717) is 5.88 Å². The number of rotatable bonds is 3. The smallest absolute Gasteiger partial charge is 0.212 e. The number of ether oxygens (including phenoxy) is 1. The molecule has 0 amide bonds. The zero-order valence-corrected chi connectivity index (χ0v) is 8.62. The Bertz CT molecular complexity index is 383. The summed E-state index contributed by atoms with van der Waals surface area (Å²) in [5.41, 5.74) is 1.15. The van der Waals surface area contributed by atoms with Gasteiger partial charge in [-0.1, -0.05) is 6.07 Å². The molecule has 0 unspecified atom stereocenters. The normalized spacial score (nSPS) is 10.1. The highest BCUT2D eigenvalue weighted by Crippen LogP contribution is 2.13. The summed E-state index contributed by atoms with van der Waals surface area (Å²) in [7, 11) is 1.61. The molecular formula is C10H10N2OS. The second kappa shape index (κ2) is 4.19. The van der Waals surface area contributed by atoms with Gasteiger partial charge in [0.2, 0.25) is 5.88 Å². The van der Waals surface area contributed by atoms with Crippen LogP contribution in [0.2, 0.25) is 0 Å². The van der Waals surface area contributed by atoms with Crippen molar-refractivity contribution in [3.8, 4) is 5.88 Å². The first-order chi connectivity index (χ1) is 6.88. The quantitative estimate of drug-likeness (QED) is 0.771. The molecule has 2 rings (SSSR count). The summed E-state index contributed by atoms with van der Waals surface area (Å²) in [6, 6.07) is 3.87. The van der Waals surface area contributed by atoms with Crippen molar-refractivity contribution in [2.45, 2.75) is 6.42 Å². The van der Waals surface area contributed by atoms with E-state index < -0.39 is 0 Å². The van der Waals surface area contributed by atoms with Crippen LogP contribution in [0.4, 0.5) is 0 Å². The Labute approximate surface area is 86.4 Å².